The van der Waals surface area contributed by atoms with Gasteiger partial charge >= 0.3 is 12.0 Å². The Hall–Kier alpha value is -2.05. The van der Waals surface area contributed by atoms with E-state index in [0.29, 0.717) is 5.76 Å². The van der Waals surface area contributed by atoms with Crippen LogP contribution in [0.4, 0.5) is 4.79 Å². The lowest BCUT2D eigenvalue weighted by molar-refractivity contribution is -0.138. The molecule has 1 rings (SSSR count). The van der Waals surface area contributed by atoms with Crippen LogP contribution in [0.5, 0.6) is 0 Å². The van der Waals surface area contributed by atoms with Gasteiger partial charge in [0.05, 0.1) is 12.2 Å². The predicted molar refractivity (Wildman–Crippen MR) is 53.7 cm³/mol. The summed E-state index contributed by atoms with van der Waals surface area (Å²) < 4.78 is 4.86. The number of hydrogen-bond donors (Lipinski definition) is 3. The second-order valence-electron chi connectivity index (χ2n) is 3.32. The smallest absolute Gasteiger partial charge is 0.325 e. The first-order chi connectivity index (χ1) is 7.49. The molecule has 0 aliphatic rings. The maximum absolute atomic E-state index is 11.2. The molecule has 0 saturated heterocycles. The van der Waals surface area contributed by atoms with E-state index in [0.717, 1.165) is 5.69 Å². The van der Waals surface area contributed by atoms with Gasteiger partial charge in [0.15, 0.2) is 5.76 Å². The van der Waals surface area contributed by atoms with E-state index in [4.69, 9.17) is 9.63 Å². The number of carbonyl (C=O) groups is 2. The number of urea groups is 1. The summed E-state index contributed by atoms with van der Waals surface area (Å²) in [5.74, 6) is -0.582. The second kappa shape index (κ2) is 5.15. The molecule has 1 heterocycles. The second-order valence-corrected chi connectivity index (χ2v) is 3.32. The first kappa shape index (κ1) is 12.0. The molecule has 1 aromatic rings. The van der Waals surface area contributed by atoms with Gasteiger partial charge < -0.3 is 20.3 Å². The summed E-state index contributed by atoms with van der Waals surface area (Å²) in [6, 6.07) is 0.182. The van der Waals surface area contributed by atoms with Crippen LogP contribution in [0.25, 0.3) is 0 Å². The molecule has 88 valence electrons. The van der Waals surface area contributed by atoms with Crippen LogP contribution in [0.2, 0.25) is 0 Å². The van der Waals surface area contributed by atoms with Crippen molar-refractivity contribution in [3.05, 3.63) is 17.5 Å². The van der Waals surface area contributed by atoms with Crippen molar-refractivity contribution in [2.75, 3.05) is 0 Å². The van der Waals surface area contributed by atoms with Crippen molar-refractivity contribution in [2.45, 2.75) is 26.4 Å². The van der Waals surface area contributed by atoms with Gasteiger partial charge in [-0.25, -0.2) is 4.79 Å². The Bertz CT molecular complexity index is 388. The van der Waals surface area contributed by atoms with E-state index >= 15 is 0 Å². The summed E-state index contributed by atoms with van der Waals surface area (Å²) >= 11 is 0. The number of carboxylic acid groups (broad SMARTS) is 1. The molecule has 16 heavy (non-hydrogen) atoms. The van der Waals surface area contributed by atoms with Crippen LogP contribution in [-0.4, -0.2) is 28.3 Å². The number of aryl methyl sites for hydroxylation is 1. The lowest BCUT2D eigenvalue weighted by Gasteiger charge is -2.09. The zero-order chi connectivity index (χ0) is 12.1. The summed E-state index contributed by atoms with van der Waals surface area (Å²) in [6.45, 7) is 3.30. The number of carboxylic acids is 1. The normalized spacial score (nSPS) is 11.9. The largest absolute Gasteiger partial charge is 0.480 e. The highest BCUT2D eigenvalue weighted by Crippen LogP contribution is 2.00. The fourth-order valence-electron chi connectivity index (χ4n) is 0.976. The Kier molecular flexibility index (Phi) is 3.87. The van der Waals surface area contributed by atoms with Crippen LogP contribution in [0.1, 0.15) is 18.4 Å². The van der Waals surface area contributed by atoms with Gasteiger partial charge in [-0.05, 0) is 13.8 Å². The van der Waals surface area contributed by atoms with E-state index in [1.165, 1.54) is 6.92 Å². The van der Waals surface area contributed by atoms with Gasteiger partial charge in [0, 0.05) is 6.07 Å². The van der Waals surface area contributed by atoms with Crippen molar-refractivity contribution >= 4 is 12.0 Å². The zero-order valence-corrected chi connectivity index (χ0v) is 8.98. The summed E-state index contributed by atoms with van der Waals surface area (Å²) in [4.78, 5) is 21.6. The number of nitrogens with one attached hydrogen (secondary N) is 2. The third-order valence-electron chi connectivity index (χ3n) is 1.82. The fraction of sp³-hybridized carbons (Fsp3) is 0.444. The molecule has 7 heteroatoms. The average molecular weight is 227 g/mol. The highest BCUT2D eigenvalue weighted by molar-refractivity contribution is 5.82. The Morgan fingerprint density at radius 2 is 2.31 bits per heavy atom. The van der Waals surface area contributed by atoms with Crippen LogP contribution in [0, 0.1) is 6.92 Å². The highest BCUT2D eigenvalue weighted by Gasteiger charge is 2.13. The highest BCUT2D eigenvalue weighted by atomic mass is 16.5. The van der Waals surface area contributed by atoms with Crippen LogP contribution in [0.3, 0.4) is 0 Å². The minimum absolute atomic E-state index is 0.166. The molecular formula is C9H13N3O4. The van der Waals surface area contributed by atoms with E-state index < -0.39 is 18.0 Å². The number of amides is 2. The molecule has 0 aromatic carbocycles. The van der Waals surface area contributed by atoms with Crippen LogP contribution in [-0.2, 0) is 11.3 Å². The van der Waals surface area contributed by atoms with Gasteiger partial charge in [-0.2, -0.15) is 0 Å². The lowest BCUT2D eigenvalue weighted by atomic mass is 10.3. The first-order valence-electron chi connectivity index (χ1n) is 4.68. The van der Waals surface area contributed by atoms with Gasteiger partial charge in [0.25, 0.3) is 0 Å². The molecule has 1 aromatic heterocycles. The molecule has 3 N–H and O–H groups in total. The van der Waals surface area contributed by atoms with Gasteiger partial charge in [-0.1, -0.05) is 5.16 Å². The molecule has 0 spiro atoms. The summed E-state index contributed by atoms with van der Waals surface area (Å²) in [5, 5.41) is 16.9. The number of hydrogen-bond acceptors (Lipinski definition) is 4. The van der Waals surface area contributed by atoms with Crippen molar-refractivity contribution in [1.29, 1.82) is 0 Å². The molecule has 7 nitrogen and oxygen atoms in total. The van der Waals surface area contributed by atoms with E-state index in [2.05, 4.69) is 15.8 Å². The van der Waals surface area contributed by atoms with Crippen LogP contribution in [0.15, 0.2) is 10.6 Å². The molecule has 0 saturated carbocycles. The van der Waals surface area contributed by atoms with Crippen molar-refractivity contribution in [3.63, 3.8) is 0 Å². The Morgan fingerprint density at radius 1 is 1.62 bits per heavy atom. The third-order valence-corrected chi connectivity index (χ3v) is 1.82. The van der Waals surface area contributed by atoms with Crippen molar-refractivity contribution in [2.24, 2.45) is 0 Å². The van der Waals surface area contributed by atoms with Crippen molar-refractivity contribution in [3.8, 4) is 0 Å². The van der Waals surface area contributed by atoms with E-state index in [9.17, 15) is 9.59 Å². The molecule has 0 radical (unpaired) electrons. The summed E-state index contributed by atoms with van der Waals surface area (Å²) in [6.07, 6.45) is 0. The third kappa shape index (κ3) is 3.60. The van der Waals surface area contributed by atoms with E-state index in [1.54, 1.807) is 13.0 Å². The number of aliphatic carboxylic acids is 1. The SMILES string of the molecule is Cc1cc(CNC(=O)N[C@H](C)C(=O)O)on1. The standard InChI is InChI=1S/C9H13N3O4/c1-5-3-7(16-12-5)4-10-9(15)11-6(2)8(13)14/h3,6H,4H2,1-2H3,(H,13,14)(H2,10,11,15)/t6-/m1/s1. The Morgan fingerprint density at radius 3 is 2.81 bits per heavy atom. The van der Waals surface area contributed by atoms with Crippen LogP contribution < -0.4 is 10.6 Å². The average Bonchev–Trinajstić information content (AvgIpc) is 2.61. The van der Waals surface area contributed by atoms with E-state index in [1.807, 2.05) is 0 Å². The Balaban J connectivity index is 2.33. The minimum atomic E-state index is -1.09. The molecule has 2 amide bonds. The maximum Gasteiger partial charge on any atom is 0.325 e. The molecule has 0 bridgehead atoms. The monoisotopic (exact) mass is 227 g/mol. The van der Waals surface area contributed by atoms with Crippen LogP contribution >= 0.6 is 0 Å². The van der Waals surface area contributed by atoms with Gasteiger partial charge in [0.1, 0.15) is 6.04 Å². The number of nitrogens with zero attached hydrogens (tertiary/aromatic N) is 1. The molecule has 0 fully saturated rings. The maximum atomic E-state index is 11.2. The molecule has 1 atom stereocenters. The molecule has 0 aliphatic heterocycles. The number of rotatable bonds is 4. The predicted octanol–water partition coefficient (Wildman–Crippen LogP) is 0.255. The van der Waals surface area contributed by atoms with E-state index in [-0.39, 0.29) is 6.54 Å². The lowest BCUT2D eigenvalue weighted by Crippen LogP contribution is -2.44. The summed E-state index contributed by atoms with van der Waals surface area (Å²) in [5.41, 5.74) is 0.719. The fourth-order valence-corrected chi connectivity index (χ4v) is 0.976. The minimum Gasteiger partial charge on any atom is -0.480 e. The number of aromatic nitrogens is 1. The van der Waals surface area contributed by atoms with Gasteiger partial charge in [0.2, 0.25) is 0 Å². The van der Waals surface area contributed by atoms with Crippen molar-refractivity contribution < 1.29 is 19.2 Å². The molecule has 0 aliphatic carbocycles. The quantitative estimate of drug-likeness (QED) is 0.684. The summed E-state index contributed by atoms with van der Waals surface area (Å²) in [7, 11) is 0. The topological polar surface area (TPSA) is 104 Å². The molecular weight excluding hydrogens is 214 g/mol. The molecule has 0 unspecified atom stereocenters. The first-order valence-corrected chi connectivity index (χ1v) is 4.68. The van der Waals surface area contributed by atoms with Gasteiger partial charge in [-0.15, -0.1) is 0 Å². The number of carbonyl (C=O) groups excluding carboxylic acids is 1. The van der Waals surface area contributed by atoms with Crippen molar-refractivity contribution in [1.82, 2.24) is 15.8 Å². The Labute approximate surface area is 91.8 Å². The zero-order valence-electron chi connectivity index (χ0n) is 8.98. The van der Waals surface area contributed by atoms with Gasteiger partial charge in [-0.3, -0.25) is 4.79 Å².